The molecule has 0 amide bonds. The lowest BCUT2D eigenvalue weighted by Crippen LogP contribution is -2.44. The zero-order valence-corrected chi connectivity index (χ0v) is 21.5. The molecule has 184 valence electrons. The fourth-order valence-electron chi connectivity index (χ4n) is 3.76. The molecule has 8 heteroatoms. The molecular weight excluding hydrogens is 450 g/mol. The van der Waals surface area contributed by atoms with Gasteiger partial charge < -0.3 is 14.4 Å². The van der Waals surface area contributed by atoms with Crippen LogP contribution in [0.4, 0.5) is 5.69 Å². The molecule has 2 aromatic rings. The van der Waals surface area contributed by atoms with E-state index in [0.717, 1.165) is 42.8 Å². The van der Waals surface area contributed by atoms with Gasteiger partial charge in [0.25, 0.3) is 10.0 Å². The molecule has 0 saturated carbocycles. The average molecular weight is 486 g/mol. The third-order valence-electron chi connectivity index (χ3n) is 5.59. The first-order chi connectivity index (χ1) is 15.9. The van der Waals surface area contributed by atoms with Crippen molar-refractivity contribution >= 4 is 32.6 Å². The number of nitrogens with one attached hydrogen (secondary N) is 1. The van der Waals surface area contributed by atoms with Crippen molar-refractivity contribution in [2.75, 3.05) is 37.8 Å². The second kappa shape index (κ2) is 10.4. The second-order valence-corrected chi connectivity index (χ2v) is 11.9. The highest BCUT2D eigenvalue weighted by atomic mass is 32.2. The lowest BCUT2D eigenvalue weighted by Gasteiger charge is -2.29. The highest BCUT2D eigenvalue weighted by Gasteiger charge is 2.28. The van der Waals surface area contributed by atoms with Gasteiger partial charge in [0.15, 0.2) is 4.91 Å². The summed E-state index contributed by atoms with van der Waals surface area (Å²) in [5, 5.41) is 11.7. The van der Waals surface area contributed by atoms with E-state index in [4.69, 9.17) is 9.47 Å². The zero-order valence-electron chi connectivity index (χ0n) is 20.7. The fraction of sp³-hybridized carbons (Fsp3) is 0.500. The van der Waals surface area contributed by atoms with Crippen LogP contribution in [-0.2, 0) is 19.5 Å². The summed E-state index contributed by atoms with van der Waals surface area (Å²) in [4.78, 5) is 1.97. The van der Waals surface area contributed by atoms with Crippen LogP contribution >= 0.6 is 0 Å². The Kier molecular flexibility index (Phi) is 8.04. The predicted molar refractivity (Wildman–Crippen MR) is 137 cm³/mol. The summed E-state index contributed by atoms with van der Waals surface area (Å²) in [5.41, 5.74) is 0.731. The highest BCUT2D eigenvalue weighted by molar-refractivity contribution is 7.93. The van der Waals surface area contributed by atoms with Crippen molar-refractivity contribution < 1.29 is 17.9 Å². The normalized spacial score (nSPS) is 16.0. The summed E-state index contributed by atoms with van der Waals surface area (Å²) in [6.45, 7) is 13.0. The molecule has 1 aliphatic heterocycles. The third-order valence-corrected chi connectivity index (χ3v) is 7.20. The van der Waals surface area contributed by atoms with Gasteiger partial charge in [0.1, 0.15) is 6.07 Å². The molecule has 0 atom stereocenters. The lowest BCUT2D eigenvalue weighted by atomic mass is 10.0. The molecule has 7 nitrogen and oxygen atoms in total. The average Bonchev–Trinajstić information content (AvgIpc) is 2.75. The van der Waals surface area contributed by atoms with Gasteiger partial charge >= 0.3 is 0 Å². The van der Waals surface area contributed by atoms with E-state index in [1.54, 1.807) is 13.8 Å². The molecule has 1 N–H and O–H groups in total. The molecule has 3 rings (SSSR count). The number of hydrogen-bond donors (Lipinski definition) is 1. The number of nitriles is 1. The Morgan fingerprint density at radius 1 is 1.12 bits per heavy atom. The number of ether oxygens (including phenoxy) is 2. The van der Waals surface area contributed by atoms with E-state index in [1.165, 1.54) is 6.08 Å². The van der Waals surface area contributed by atoms with E-state index in [-0.39, 0.29) is 10.5 Å². The molecule has 0 unspecified atom stereocenters. The van der Waals surface area contributed by atoms with Crippen LogP contribution in [0.2, 0.25) is 0 Å². The Labute approximate surface area is 203 Å². The van der Waals surface area contributed by atoms with Gasteiger partial charge in [-0.3, -0.25) is 0 Å². The van der Waals surface area contributed by atoms with E-state index in [2.05, 4.69) is 21.8 Å². The van der Waals surface area contributed by atoms with E-state index < -0.39 is 15.6 Å². The number of allylic oxidation sites excluding steroid dienone is 1. The van der Waals surface area contributed by atoms with Crippen LogP contribution in [0, 0.1) is 11.3 Å². The number of nitrogens with zero attached hydrogens (tertiary/aromatic N) is 2. The summed E-state index contributed by atoms with van der Waals surface area (Å²) in [6, 6.07) is 13.7. The summed E-state index contributed by atoms with van der Waals surface area (Å²) in [5.74, 6) is 0. The first-order valence-corrected chi connectivity index (χ1v) is 13.0. The standard InChI is InChI=1S/C26H35N3O4S/c1-25(2,3)33-13-10-26(4,5)28-34(30,31)24(19-27)17-20-6-7-22-18-23(9-8-21(22)16-20)29-11-14-32-15-12-29/h6-9,16-18,28H,10-15H2,1-5H3. The Hall–Kier alpha value is -2.44. The molecule has 34 heavy (non-hydrogen) atoms. The van der Waals surface area contributed by atoms with Crippen LogP contribution in [0.3, 0.4) is 0 Å². The highest BCUT2D eigenvalue weighted by Crippen LogP contribution is 2.25. The summed E-state index contributed by atoms with van der Waals surface area (Å²) in [7, 11) is -3.99. The SMILES string of the molecule is CC(C)(CCOC(C)(C)C)NS(=O)(=O)C(C#N)=Cc1ccc2cc(N3CCOCC3)ccc2c1. The van der Waals surface area contributed by atoms with Crippen molar-refractivity contribution in [2.45, 2.75) is 52.2 Å². The zero-order chi connectivity index (χ0) is 25.0. The van der Waals surface area contributed by atoms with Crippen molar-refractivity contribution in [2.24, 2.45) is 0 Å². The fourth-order valence-corrected chi connectivity index (χ4v) is 5.11. The van der Waals surface area contributed by atoms with E-state index >= 15 is 0 Å². The van der Waals surface area contributed by atoms with Gasteiger partial charge in [0.05, 0.1) is 18.8 Å². The summed E-state index contributed by atoms with van der Waals surface area (Å²) >= 11 is 0. The lowest BCUT2D eigenvalue weighted by molar-refractivity contribution is -0.0102. The van der Waals surface area contributed by atoms with E-state index in [1.807, 2.05) is 51.1 Å². The smallest absolute Gasteiger partial charge is 0.251 e. The minimum absolute atomic E-state index is 0.300. The molecule has 0 aromatic heterocycles. The third kappa shape index (κ3) is 7.28. The maximum Gasteiger partial charge on any atom is 0.251 e. The molecule has 1 aliphatic rings. The van der Waals surface area contributed by atoms with Gasteiger partial charge in [0.2, 0.25) is 0 Å². The number of morpholine rings is 1. The van der Waals surface area contributed by atoms with Crippen LogP contribution in [-0.4, -0.2) is 52.5 Å². The van der Waals surface area contributed by atoms with Gasteiger partial charge in [0, 0.05) is 30.9 Å². The van der Waals surface area contributed by atoms with Crippen molar-refractivity contribution in [3.05, 3.63) is 46.9 Å². The number of rotatable bonds is 8. The number of anilines is 1. The van der Waals surface area contributed by atoms with Gasteiger partial charge in [-0.1, -0.05) is 18.2 Å². The van der Waals surface area contributed by atoms with Gasteiger partial charge in [-0.05, 0) is 81.7 Å². The number of fused-ring (bicyclic) bond motifs is 1. The number of hydrogen-bond acceptors (Lipinski definition) is 6. The van der Waals surface area contributed by atoms with Crippen molar-refractivity contribution in [1.82, 2.24) is 4.72 Å². The molecule has 1 fully saturated rings. The maximum absolute atomic E-state index is 13.0. The molecule has 0 bridgehead atoms. The maximum atomic E-state index is 13.0. The number of sulfonamides is 1. The summed E-state index contributed by atoms with van der Waals surface area (Å²) < 4.78 is 39.7. The molecule has 0 radical (unpaired) electrons. The van der Waals surface area contributed by atoms with Gasteiger partial charge in [-0.15, -0.1) is 0 Å². The summed E-state index contributed by atoms with van der Waals surface area (Å²) in [6.07, 6.45) is 1.89. The van der Waals surface area contributed by atoms with Crippen molar-refractivity contribution in [1.29, 1.82) is 5.26 Å². The molecular formula is C26H35N3O4S. The van der Waals surface area contributed by atoms with Crippen LogP contribution in [0.5, 0.6) is 0 Å². The van der Waals surface area contributed by atoms with Crippen molar-refractivity contribution in [3.63, 3.8) is 0 Å². The van der Waals surface area contributed by atoms with E-state index in [0.29, 0.717) is 18.6 Å². The van der Waals surface area contributed by atoms with Gasteiger partial charge in [-0.25, -0.2) is 13.1 Å². The first-order valence-electron chi connectivity index (χ1n) is 11.5. The minimum Gasteiger partial charge on any atom is -0.378 e. The Morgan fingerprint density at radius 3 is 2.41 bits per heavy atom. The van der Waals surface area contributed by atoms with E-state index in [9.17, 15) is 13.7 Å². The predicted octanol–water partition coefficient (Wildman–Crippen LogP) is 4.44. The van der Waals surface area contributed by atoms with Crippen LogP contribution < -0.4 is 9.62 Å². The second-order valence-electron chi connectivity index (χ2n) is 10.2. The quantitative estimate of drug-likeness (QED) is 0.556. The molecule has 1 saturated heterocycles. The minimum atomic E-state index is -3.99. The molecule has 0 aliphatic carbocycles. The van der Waals surface area contributed by atoms with Crippen molar-refractivity contribution in [3.8, 4) is 6.07 Å². The largest absolute Gasteiger partial charge is 0.378 e. The Morgan fingerprint density at radius 2 is 1.76 bits per heavy atom. The molecule has 0 spiro atoms. The van der Waals surface area contributed by atoms with Crippen LogP contribution in [0.1, 0.15) is 46.6 Å². The van der Waals surface area contributed by atoms with Crippen LogP contribution in [0.25, 0.3) is 16.8 Å². The Bertz CT molecular complexity index is 1180. The van der Waals surface area contributed by atoms with Crippen LogP contribution in [0.15, 0.2) is 41.3 Å². The van der Waals surface area contributed by atoms with Gasteiger partial charge in [-0.2, -0.15) is 5.26 Å². The molecule has 1 heterocycles. The number of benzene rings is 2. The topological polar surface area (TPSA) is 91.7 Å². The molecule has 2 aromatic carbocycles. The Balaban J connectivity index is 1.77. The first kappa shape index (κ1) is 26.2. The monoisotopic (exact) mass is 485 g/mol.